The number of hydrogen-bond donors (Lipinski definition) is 2. The number of carboxylic acids is 1. The van der Waals surface area contributed by atoms with E-state index < -0.39 is 18.0 Å². The van der Waals surface area contributed by atoms with E-state index in [-0.39, 0.29) is 12.2 Å². The lowest BCUT2D eigenvalue weighted by molar-refractivity contribution is -0.874. The van der Waals surface area contributed by atoms with Crippen LogP contribution >= 0.6 is 0 Å². The maximum atomic E-state index is 11.8. The van der Waals surface area contributed by atoms with Crippen molar-refractivity contribution in [3.8, 4) is 0 Å². The van der Waals surface area contributed by atoms with Gasteiger partial charge in [0.1, 0.15) is 18.4 Å². The Labute approximate surface area is 122 Å². The molecule has 0 aliphatic heterocycles. The van der Waals surface area contributed by atoms with E-state index in [1.54, 1.807) is 0 Å². The van der Waals surface area contributed by atoms with Gasteiger partial charge in [0.25, 0.3) is 0 Å². The maximum absolute atomic E-state index is 11.8. The Morgan fingerprint density at radius 1 is 1.10 bits per heavy atom. The number of rotatable bonds is 11. The molecule has 0 rings (SSSR count). The first-order valence-corrected chi connectivity index (χ1v) is 7.40. The van der Waals surface area contributed by atoms with Crippen LogP contribution in [0.1, 0.15) is 45.4 Å². The van der Waals surface area contributed by atoms with Crippen LogP contribution in [0.2, 0.25) is 0 Å². The molecule has 0 bridgehead atoms. The van der Waals surface area contributed by atoms with Crippen LogP contribution in [0.4, 0.5) is 0 Å². The van der Waals surface area contributed by atoms with Gasteiger partial charge in [-0.2, -0.15) is 0 Å². The Balaban J connectivity index is 4.33. The van der Waals surface area contributed by atoms with Crippen molar-refractivity contribution in [2.24, 2.45) is 5.92 Å². The number of hydrogen-bond acceptors (Lipinski definition) is 3. The number of carboxylic acid groups (broad SMARTS) is 1. The molecule has 0 aliphatic carbocycles. The van der Waals surface area contributed by atoms with Crippen LogP contribution in [0.15, 0.2) is 0 Å². The summed E-state index contributed by atoms with van der Waals surface area (Å²) in [4.78, 5) is 23.0. The molecule has 0 aliphatic rings. The van der Waals surface area contributed by atoms with E-state index in [2.05, 4.69) is 6.92 Å². The summed E-state index contributed by atoms with van der Waals surface area (Å²) in [5.41, 5.74) is 0. The number of quaternary nitrogens is 1. The van der Waals surface area contributed by atoms with E-state index in [9.17, 15) is 19.8 Å². The van der Waals surface area contributed by atoms with Gasteiger partial charge in [-0.05, 0) is 6.42 Å². The van der Waals surface area contributed by atoms with E-state index >= 15 is 0 Å². The zero-order valence-corrected chi connectivity index (χ0v) is 13.3. The fourth-order valence-electron chi connectivity index (χ4n) is 2.17. The highest BCUT2D eigenvalue weighted by molar-refractivity contribution is 5.84. The quantitative estimate of drug-likeness (QED) is 0.448. The number of Topliss-reactive ketones (excluding diaryl/α,β-unsaturated/α-hetero) is 1. The van der Waals surface area contributed by atoms with Gasteiger partial charge in [-0.3, -0.25) is 9.59 Å². The lowest BCUT2D eigenvalue weighted by Crippen LogP contribution is -2.46. The second-order valence-electron chi connectivity index (χ2n) is 6.54. The van der Waals surface area contributed by atoms with Gasteiger partial charge in [-0.1, -0.05) is 26.2 Å². The third-order valence-corrected chi connectivity index (χ3v) is 3.27. The summed E-state index contributed by atoms with van der Waals surface area (Å²) in [5.74, 6) is -2.15. The Morgan fingerprint density at radius 2 is 1.70 bits per heavy atom. The van der Waals surface area contributed by atoms with Crippen LogP contribution in [0.25, 0.3) is 0 Å². The number of nitrogens with zero attached hydrogens (tertiary/aromatic N) is 1. The molecule has 2 N–H and O–H groups in total. The zero-order chi connectivity index (χ0) is 15.8. The molecule has 0 amide bonds. The van der Waals surface area contributed by atoms with Crippen molar-refractivity contribution >= 4 is 11.8 Å². The zero-order valence-electron chi connectivity index (χ0n) is 13.3. The molecule has 20 heavy (non-hydrogen) atoms. The topological polar surface area (TPSA) is 74.6 Å². The molecule has 0 saturated heterocycles. The Bertz CT molecular complexity index is 309. The normalized spacial score (nSPS) is 14.8. The van der Waals surface area contributed by atoms with E-state index in [0.717, 1.165) is 25.7 Å². The average molecular weight is 288 g/mol. The van der Waals surface area contributed by atoms with Crippen molar-refractivity contribution in [1.82, 2.24) is 0 Å². The predicted molar refractivity (Wildman–Crippen MR) is 78.4 cm³/mol. The van der Waals surface area contributed by atoms with Crippen LogP contribution < -0.4 is 0 Å². The molecule has 0 fully saturated rings. The molecule has 5 heteroatoms. The summed E-state index contributed by atoms with van der Waals surface area (Å²) < 4.78 is 0.468. The number of likely N-dealkylation sites (N-methyl/N-ethyl adjacent to an activating group) is 1. The highest BCUT2D eigenvalue weighted by Crippen LogP contribution is 2.15. The van der Waals surface area contributed by atoms with E-state index in [0.29, 0.717) is 17.4 Å². The average Bonchev–Trinajstić information content (AvgIpc) is 2.29. The van der Waals surface area contributed by atoms with Crippen LogP contribution in [0.3, 0.4) is 0 Å². The third-order valence-electron chi connectivity index (χ3n) is 3.27. The van der Waals surface area contributed by atoms with Crippen molar-refractivity contribution < 1.29 is 24.3 Å². The first kappa shape index (κ1) is 19.1. The van der Waals surface area contributed by atoms with Crippen molar-refractivity contribution in [3.63, 3.8) is 0 Å². The summed E-state index contributed by atoms with van der Waals surface area (Å²) >= 11 is 0. The molecule has 2 atom stereocenters. The Kier molecular flexibility index (Phi) is 8.65. The van der Waals surface area contributed by atoms with Crippen molar-refractivity contribution in [1.29, 1.82) is 0 Å². The van der Waals surface area contributed by atoms with Gasteiger partial charge in [0, 0.05) is 12.8 Å². The van der Waals surface area contributed by atoms with Crippen molar-refractivity contribution in [2.75, 3.05) is 27.7 Å². The summed E-state index contributed by atoms with van der Waals surface area (Å²) in [6, 6.07) is 0. The predicted octanol–water partition coefficient (Wildman–Crippen LogP) is 1.68. The second kappa shape index (κ2) is 9.08. The van der Waals surface area contributed by atoms with Crippen molar-refractivity contribution in [3.05, 3.63) is 0 Å². The summed E-state index contributed by atoms with van der Waals surface area (Å²) in [6.45, 7) is 2.42. The van der Waals surface area contributed by atoms with Gasteiger partial charge in [-0.15, -0.1) is 0 Å². The van der Waals surface area contributed by atoms with Crippen LogP contribution in [0.5, 0.6) is 0 Å². The second-order valence-corrected chi connectivity index (χ2v) is 6.54. The molecule has 0 spiro atoms. The smallest absolute Gasteiger partial charge is 0.309 e. The Morgan fingerprint density at radius 3 is 2.15 bits per heavy atom. The molecule has 0 heterocycles. The van der Waals surface area contributed by atoms with Gasteiger partial charge in [-0.25, -0.2) is 0 Å². The highest BCUT2D eigenvalue weighted by atomic mass is 16.4. The summed E-state index contributed by atoms with van der Waals surface area (Å²) in [7, 11) is 5.65. The number of aliphatic hydroxyl groups excluding tert-OH is 1. The number of unbranched alkanes of at least 4 members (excludes halogenated alkanes) is 3. The van der Waals surface area contributed by atoms with E-state index in [1.807, 2.05) is 21.1 Å². The maximum Gasteiger partial charge on any atom is 0.309 e. The van der Waals surface area contributed by atoms with E-state index in [1.165, 1.54) is 0 Å². The molecule has 0 saturated carbocycles. The molecule has 0 aromatic rings. The minimum absolute atomic E-state index is 0.0611. The van der Waals surface area contributed by atoms with E-state index in [4.69, 9.17) is 0 Å². The molecule has 5 nitrogen and oxygen atoms in total. The van der Waals surface area contributed by atoms with Crippen LogP contribution in [-0.4, -0.2) is 60.2 Å². The monoisotopic (exact) mass is 288 g/mol. The largest absolute Gasteiger partial charge is 0.481 e. The molecular weight excluding hydrogens is 258 g/mol. The lowest BCUT2D eigenvalue weighted by Gasteiger charge is -2.29. The number of aliphatic hydroxyl groups is 1. The molecule has 0 radical (unpaired) electrons. The minimum atomic E-state index is -1.09. The fraction of sp³-hybridized carbons (Fsp3) is 0.867. The first-order valence-electron chi connectivity index (χ1n) is 7.40. The number of carbonyl (C=O) groups excluding carboxylic acids is 1. The number of aliphatic carboxylic acids is 1. The van der Waals surface area contributed by atoms with Gasteiger partial charge in [0.15, 0.2) is 0 Å². The van der Waals surface area contributed by atoms with Crippen LogP contribution in [-0.2, 0) is 9.59 Å². The minimum Gasteiger partial charge on any atom is -0.481 e. The summed E-state index contributed by atoms with van der Waals surface area (Å²) in [6.07, 6.45) is 3.37. The highest BCUT2D eigenvalue weighted by Gasteiger charge is 2.32. The Hall–Kier alpha value is -0.940. The van der Waals surface area contributed by atoms with Gasteiger partial charge < -0.3 is 14.7 Å². The molecular formula is C15H30NO4+. The molecule has 2 unspecified atom stereocenters. The molecule has 118 valence electrons. The number of carbonyl (C=O) groups is 2. The molecule has 0 aromatic carbocycles. The van der Waals surface area contributed by atoms with Gasteiger partial charge in [0.05, 0.1) is 27.1 Å². The number of ketones is 1. The standard InChI is InChI=1S/C15H29NO4/c1-5-6-7-8-9-12(17)10-13(15(19)20)14(18)11-16(2,3)4/h13-14,18H,5-11H2,1-4H3/p+1. The van der Waals surface area contributed by atoms with Crippen LogP contribution in [0, 0.1) is 5.92 Å². The fourth-order valence-corrected chi connectivity index (χ4v) is 2.17. The SMILES string of the molecule is CCCCCCC(=O)CC(C(=O)O)C(O)C[N+](C)(C)C. The third kappa shape index (κ3) is 9.04. The molecule has 0 aromatic heterocycles. The van der Waals surface area contributed by atoms with Gasteiger partial charge >= 0.3 is 5.97 Å². The van der Waals surface area contributed by atoms with Crippen molar-refractivity contribution in [2.45, 2.75) is 51.6 Å². The van der Waals surface area contributed by atoms with Gasteiger partial charge in [0.2, 0.25) is 0 Å². The lowest BCUT2D eigenvalue weighted by atomic mass is 9.93. The first-order chi connectivity index (χ1) is 9.17. The summed E-state index contributed by atoms with van der Waals surface area (Å²) in [5, 5.41) is 19.2.